The topological polar surface area (TPSA) is 73.9 Å². The average molecular weight is 592 g/mol. The Morgan fingerprint density at radius 1 is 1.14 bits per heavy atom. The fraction of sp³-hybridized carbons (Fsp3) is 0.600. The van der Waals surface area contributed by atoms with Gasteiger partial charge in [0.25, 0.3) is 0 Å². The number of allylic oxidation sites excluding steroid dienone is 3. The van der Waals surface area contributed by atoms with Crippen molar-refractivity contribution in [3.8, 4) is 12.3 Å². The monoisotopic (exact) mass is 591 g/mol. The third-order valence-electron chi connectivity index (χ3n) is 9.16. The molecular formula is C35H49NO5Si. The molecule has 0 bridgehead atoms. The van der Waals surface area contributed by atoms with Crippen LogP contribution in [0.3, 0.4) is 0 Å². The Kier molecular flexibility index (Phi) is 10.4. The molecule has 42 heavy (non-hydrogen) atoms. The summed E-state index contributed by atoms with van der Waals surface area (Å²) in [6.07, 6.45) is 14.4. The third kappa shape index (κ3) is 7.96. The highest BCUT2D eigenvalue weighted by atomic mass is 28.3. The van der Waals surface area contributed by atoms with E-state index in [2.05, 4.69) is 77.2 Å². The molecule has 8 atom stereocenters. The number of hydrogen-bond acceptors (Lipinski definition) is 5. The number of hydrogen-bond donors (Lipinski definition) is 1. The number of ether oxygens (including phenoxy) is 2. The van der Waals surface area contributed by atoms with Crippen LogP contribution in [0.4, 0.5) is 4.79 Å². The van der Waals surface area contributed by atoms with Crippen LogP contribution in [0.1, 0.15) is 71.4 Å². The number of benzene rings is 1. The minimum Gasteiger partial charge on any atom is -0.460 e. The molecule has 228 valence electrons. The van der Waals surface area contributed by atoms with Crippen LogP contribution in [0.25, 0.3) is 0 Å². The minimum absolute atomic E-state index is 0.0580. The first-order chi connectivity index (χ1) is 19.8. The van der Waals surface area contributed by atoms with E-state index < -0.39 is 21.2 Å². The Morgan fingerprint density at radius 2 is 1.86 bits per heavy atom. The summed E-state index contributed by atoms with van der Waals surface area (Å²) in [6, 6.07) is 7.58. The lowest BCUT2D eigenvalue weighted by Crippen LogP contribution is -2.50. The van der Waals surface area contributed by atoms with Gasteiger partial charge in [0.05, 0.1) is 0 Å². The van der Waals surface area contributed by atoms with Crippen molar-refractivity contribution in [1.29, 1.82) is 0 Å². The van der Waals surface area contributed by atoms with Gasteiger partial charge in [0.2, 0.25) is 0 Å². The summed E-state index contributed by atoms with van der Waals surface area (Å²) in [5, 5.41) is 2.93. The first-order valence-corrected chi connectivity index (χ1v) is 18.4. The summed E-state index contributed by atoms with van der Waals surface area (Å²) in [6.45, 7) is 15.6. The molecule has 1 aromatic rings. The molecule has 1 aromatic carbocycles. The van der Waals surface area contributed by atoms with E-state index in [0.29, 0.717) is 18.4 Å². The zero-order valence-electron chi connectivity index (χ0n) is 26.4. The van der Waals surface area contributed by atoms with Crippen molar-refractivity contribution >= 4 is 21.1 Å². The van der Waals surface area contributed by atoms with Gasteiger partial charge < -0.3 is 19.2 Å². The molecule has 1 aliphatic heterocycles. The van der Waals surface area contributed by atoms with Crippen molar-refractivity contribution in [3.05, 3.63) is 59.2 Å². The highest BCUT2D eigenvalue weighted by Gasteiger charge is 2.46. The van der Waals surface area contributed by atoms with Gasteiger partial charge in [0.1, 0.15) is 18.3 Å². The second kappa shape index (κ2) is 13.6. The molecule has 4 rings (SSSR count). The number of terminal acetylenes is 1. The molecule has 1 heterocycles. The molecule has 6 nitrogen and oxygen atoms in total. The number of rotatable bonds is 8. The fourth-order valence-corrected chi connectivity index (χ4v) is 7.84. The van der Waals surface area contributed by atoms with Crippen LogP contribution >= 0.6 is 0 Å². The maximum atomic E-state index is 13.1. The second-order valence-electron chi connectivity index (χ2n) is 13.9. The number of cyclic esters (lactones) is 1. The van der Waals surface area contributed by atoms with Crippen molar-refractivity contribution < 1.29 is 23.5 Å². The summed E-state index contributed by atoms with van der Waals surface area (Å²) >= 11 is 0. The first-order valence-electron chi connectivity index (χ1n) is 15.6. The highest BCUT2D eigenvalue weighted by Crippen LogP contribution is 2.46. The standard InChI is InChI=1S/C35H49NO5Si/c1-9-24-11-13-25(14-12-24)21-36-34(38)40-30-19-22(2)18-26-15-10-23(3)28(31(26)30)17-16-27-20-29(35(4,5)6)32(33(37)39-27)41-42(7)8/h1,10-15,18,22-23,27-32,42H,16-17,19-21H2,2-8H3,(H,36,38)/t22-,23-,27+,28-,29-,30-,31-,32?/m0/s1. The SMILES string of the molecule is C#Cc1ccc(CNC(=O)O[C@H]2C[C@@H](C)C=C3C=C[C@H](C)[C@H](CC[C@@H]4C[C@H](C(C)(C)C)C(O[SiH](C)C)C(=O)O4)[C@H]32)cc1. The molecular weight excluding hydrogens is 542 g/mol. The van der Waals surface area contributed by atoms with Gasteiger partial charge in [-0.05, 0) is 85.2 Å². The number of amides is 1. The number of carbonyl (C=O) groups excluding carboxylic acids is 2. The normalized spacial score (nSPS) is 31.0. The van der Waals surface area contributed by atoms with Gasteiger partial charge in [-0.1, -0.05) is 70.9 Å². The zero-order chi connectivity index (χ0) is 30.6. The molecule has 0 spiro atoms. The number of carbonyl (C=O) groups is 2. The molecule has 0 saturated carbocycles. The Bertz CT molecular complexity index is 1210. The predicted octanol–water partition coefficient (Wildman–Crippen LogP) is 6.79. The quantitative estimate of drug-likeness (QED) is 0.205. The number of nitrogens with one attached hydrogen (secondary N) is 1. The molecule has 1 amide bonds. The minimum atomic E-state index is -1.40. The molecule has 1 fully saturated rings. The Balaban J connectivity index is 1.43. The van der Waals surface area contributed by atoms with Gasteiger partial charge >= 0.3 is 12.1 Å². The highest BCUT2D eigenvalue weighted by molar-refractivity contribution is 6.48. The van der Waals surface area contributed by atoms with Crippen molar-refractivity contribution in [3.63, 3.8) is 0 Å². The predicted molar refractivity (Wildman–Crippen MR) is 169 cm³/mol. The van der Waals surface area contributed by atoms with E-state index in [1.807, 2.05) is 24.3 Å². The number of fused-ring (bicyclic) bond motifs is 1. The Morgan fingerprint density at radius 3 is 2.50 bits per heavy atom. The second-order valence-corrected chi connectivity index (χ2v) is 16.2. The van der Waals surface area contributed by atoms with Gasteiger partial charge in [0.15, 0.2) is 9.04 Å². The van der Waals surface area contributed by atoms with E-state index in [1.165, 1.54) is 5.57 Å². The maximum Gasteiger partial charge on any atom is 0.407 e. The lowest BCUT2D eigenvalue weighted by molar-refractivity contribution is -0.176. The molecule has 7 heteroatoms. The molecule has 2 aliphatic carbocycles. The fourth-order valence-electron chi connectivity index (χ4n) is 6.95. The van der Waals surface area contributed by atoms with Gasteiger partial charge in [-0.3, -0.25) is 0 Å². The van der Waals surface area contributed by atoms with Gasteiger partial charge in [-0.2, -0.15) is 0 Å². The Labute approximate surface area is 254 Å². The van der Waals surface area contributed by atoms with Crippen LogP contribution in [0.2, 0.25) is 13.1 Å². The third-order valence-corrected chi connectivity index (χ3v) is 10.00. The van der Waals surface area contributed by atoms with E-state index in [9.17, 15) is 9.59 Å². The molecule has 1 N–H and O–H groups in total. The lowest BCUT2D eigenvalue weighted by atomic mass is 9.65. The molecule has 1 saturated heterocycles. The molecule has 1 unspecified atom stereocenters. The van der Waals surface area contributed by atoms with Crippen LogP contribution in [0.5, 0.6) is 0 Å². The molecule has 3 aliphatic rings. The van der Waals surface area contributed by atoms with Crippen LogP contribution in [0.15, 0.2) is 48.1 Å². The Hall–Kier alpha value is -2.82. The van der Waals surface area contributed by atoms with E-state index in [0.717, 1.165) is 36.8 Å². The lowest BCUT2D eigenvalue weighted by Gasteiger charge is -2.45. The van der Waals surface area contributed by atoms with Gasteiger partial charge in [-0.15, -0.1) is 6.42 Å². The summed E-state index contributed by atoms with van der Waals surface area (Å²) in [4.78, 5) is 26.1. The summed E-state index contributed by atoms with van der Waals surface area (Å²) < 4.78 is 18.3. The number of esters is 1. The van der Waals surface area contributed by atoms with E-state index in [1.54, 1.807) is 0 Å². The van der Waals surface area contributed by atoms with Crippen LogP contribution in [-0.2, 0) is 25.2 Å². The van der Waals surface area contributed by atoms with Gasteiger partial charge in [-0.25, -0.2) is 9.59 Å². The first kappa shape index (κ1) is 32.1. The molecule has 0 radical (unpaired) electrons. The van der Waals surface area contributed by atoms with E-state index in [-0.39, 0.29) is 41.3 Å². The summed E-state index contributed by atoms with van der Waals surface area (Å²) in [5.41, 5.74) is 2.97. The van der Waals surface area contributed by atoms with Crippen molar-refractivity contribution in [2.24, 2.45) is 35.0 Å². The zero-order valence-corrected chi connectivity index (χ0v) is 27.5. The van der Waals surface area contributed by atoms with Crippen molar-refractivity contribution in [2.75, 3.05) is 0 Å². The smallest absolute Gasteiger partial charge is 0.407 e. The average Bonchev–Trinajstić information content (AvgIpc) is 2.92. The summed E-state index contributed by atoms with van der Waals surface area (Å²) in [5.74, 6) is 3.56. The van der Waals surface area contributed by atoms with Crippen molar-refractivity contribution in [2.45, 2.75) is 98.3 Å². The van der Waals surface area contributed by atoms with E-state index >= 15 is 0 Å². The number of alkyl carbamates (subject to hydrolysis) is 1. The van der Waals surface area contributed by atoms with Crippen molar-refractivity contribution in [1.82, 2.24) is 5.32 Å². The molecule has 0 aromatic heterocycles. The maximum absolute atomic E-state index is 13.1. The summed E-state index contributed by atoms with van der Waals surface area (Å²) in [7, 11) is -1.40. The largest absolute Gasteiger partial charge is 0.460 e. The van der Waals surface area contributed by atoms with Crippen LogP contribution in [-0.4, -0.2) is 39.4 Å². The van der Waals surface area contributed by atoms with Crippen LogP contribution in [0, 0.1) is 47.3 Å². The van der Waals surface area contributed by atoms with Crippen LogP contribution < -0.4 is 5.32 Å². The van der Waals surface area contributed by atoms with Gasteiger partial charge in [0, 0.05) is 23.9 Å². The van der Waals surface area contributed by atoms with E-state index in [4.69, 9.17) is 20.3 Å².